The molecule has 0 fully saturated rings. The first kappa shape index (κ1) is 12.6. The summed E-state index contributed by atoms with van der Waals surface area (Å²) in [6, 6.07) is 11.7. The number of halogens is 2. The molecule has 0 amide bonds. The summed E-state index contributed by atoms with van der Waals surface area (Å²) in [6.45, 7) is 1.94. The number of hydrogen-bond donors (Lipinski definition) is 1. The highest BCUT2D eigenvalue weighted by Crippen LogP contribution is 2.19. The minimum Gasteiger partial charge on any atom is -0.278 e. The van der Waals surface area contributed by atoms with E-state index >= 15 is 0 Å². The van der Waals surface area contributed by atoms with Crippen LogP contribution in [0.25, 0.3) is 0 Å². The summed E-state index contributed by atoms with van der Waals surface area (Å²) in [4.78, 5) is 0. The largest absolute Gasteiger partial charge is 0.278 e. The van der Waals surface area contributed by atoms with Crippen LogP contribution in [0.3, 0.4) is 0 Å². The van der Waals surface area contributed by atoms with E-state index in [0.29, 0.717) is 5.02 Å². The molecule has 2 rings (SSSR count). The van der Waals surface area contributed by atoms with Crippen LogP contribution in [-0.4, -0.2) is 6.21 Å². The second-order valence-electron chi connectivity index (χ2n) is 3.89. The zero-order valence-electron chi connectivity index (χ0n) is 9.82. The highest BCUT2D eigenvalue weighted by molar-refractivity contribution is 6.31. The molecule has 0 atom stereocenters. The SMILES string of the molecule is Cc1ccc(N/N=C\c2ccc(F)cc2)cc1Cl. The van der Waals surface area contributed by atoms with Gasteiger partial charge in [-0.1, -0.05) is 29.8 Å². The number of hydrogen-bond acceptors (Lipinski definition) is 2. The third-order valence-electron chi connectivity index (χ3n) is 2.45. The lowest BCUT2D eigenvalue weighted by molar-refractivity contribution is 0.628. The number of nitrogens with one attached hydrogen (secondary N) is 1. The fourth-order valence-electron chi connectivity index (χ4n) is 1.39. The molecule has 0 aliphatic heterocycles. The molecule has 0 saturated carbocycles. The molecule has 0 spiro atoms. The van der Waals surface area contributed by atoms with Gasteiger partial charge in [0.05, 0.1) is 11.9 Å². The predicted octanol–water partition coefficient (Wildman–Crippen LogP) is 4.23. The number of hydrazone groups is 1. The monoisotopic (exact) mass is 262 g/mol. The number of rotatable bonds is 3. The second-order valence-corrected chi connectivity index (χ2v) is 4.29. The van der Waals surface area contributed by atoms with Crippen molar-refractivity contribution in [3.05, 3.63) is 64.4 Å². The Labute approximate surface area is 110 Å². The molecular weight excluding hydrogens is 251 g/mol. The van der Waals surface area contributed by atoms with Crippen LogP contribution >= 0.6 is 11.6 Å². The maximum atomic E-state index is 12.7. The van der Waals surface area contributed by atoms with Gasteiger partial charge in [-0.15, -0.1) is 0 Å². The Hall–Kier alpha value is -1.87. The number of benzene rings is 2. The number of anilines is 1. The van der Waals surface area contributed by atoms with Crippen LogP contribution < -0.4 is 5.43 Å². The maximum Gasteiger partial charge on any atom is 0.123 e. The van der Waals surface area contributed by atoms with Crippen LogP contribution in [0.15, 0.2) is 47.6 Å². The Balaban J connectivity index is 2.02. The Morgan fingerprint density at radius 1 is 1.17 bits per heavy atom. The van der Waals surface area contributed by atoms with Crippen LogP contribution in [0.4, 0.5) is 10.1 Å². The van der Waals surface area contributed by atoms with Gasteiger partial charge in [-0.3, -0.25) is 5.43 Å². The average Bonchev–Trinajstić information content (AvgIpc) is 2.36. The van der Waals surface area contributed by atoms with E-state index in [1.165, 1.54) is 12.1 Å². The van der Waals surface area contributed by atoms with Gasteiger partial charge in [0.15, 0.2) is 0 Å². The average molecular weight is 263 g/mol. The van der Waals surface area contributed by atoms with Crippen molar-refractivity contribution in [3.63, 3.8) is 0 Å². The van der Waals surface area contributed by atoms with E-state index in [-0.39, 0.29) is 5.82 Å². The molecule has 2 aromatic rings. The predicted molar refractivity (Wildman–Crippen MR) is 73.8 cm³/mol. The first-order chi connectivity index (χ1) is 8.65. The Kier molecular flexibility index (Phi) is 3.95. The molecule has 2 aromatic carbocycles. The number of nitrogens with zero attached hydrogens (tertiary/aromatic N) is 1. The molecule has 1 N–H and O–H groups in total. The summed E-state index contributed by atoms with van der Waals surface area (Å²) in [7, 11) is 0. The molecule has 18 heavy (non-hydrogen) atoms. The number of aryl methyl sites for hydroxylation is 1. The third-order valence-corrected chi connectivity index (χ3v) is 2.86. The van der Waals surface area contributed by atoms with Crippen LogP contribution in [0.5, 0.6) is 0 Å². The van der Waals surface area contributed by atoms with Crippen molar-refractivity contribution in [2.45, 2.75) is 6.92 Å². The van der Waals surface area contributed by atoms with E-state index < -0.39 is 0 Å². The Morgan fingerprint density at radius 3 is 2.56 bits per heavy atom. The molecule has 0 unspecified atom stereocenters. The third kappa shape index (κ3) is 3.31. The van der Waals surface area contributed by atoms with Crippen molar-refractivity contribution >= 4 is 23.5 Å². The highest BCUT2D eigenvalue weighted by Gasteiger charge is 1.96. The van der Waals surface area contributed by atoms with Gasteiger partial charge < -0.3 is 0 Å². The van der Waals surface area contributed by atoms with E-state index in [4.69, 9.17) is 11.6 Å². The molecule has 0 heterocycles. The van der Waals surface area contributed by atoms with Crippen LogP contribution in [0, 0.1) is 12.7 Å². The molecule has 2 nitrogen and oxygen atoms in total. The standard InChI is InChI=1S/C14H12ClFN2/c1-10-2-7-13(8-14(10)15)18-17-9-11-3-5-12(16)6-4-11/h2-9,18H,1H3/b17-9-. The van der Waals surface area contributed by atoms with Gasteiger partial charge in [-0.2, -0.15) is 5.10 Å². The lowest BCUT2D eigenvalue weighted by Crippen LogP contribution is -1.91. The van der Waals surface area contributed by atoms with Crippen LogP contribution in [0.2, 0.25) is 5.02 Å². The van der Waals surface area contributed by atoms with Crippen molar-refractivity contribution in [2.75, 3.05) is 5.43 Å². The van der Waals surface area contributed by atoms with E-state index in [0.717, 1.165) is 16.8 Å². The summed E-state index contributed by atoms with van der Waals surface area (Å²) in [5, 5.41) is 4.75. The summed E-state index contributed by atoms with van der Waals surface area (Å²) in [5.74, 6) is -0.259. The topological polar surface area (TPSA) is 24.4 Å². The molecule has 0 saturated heterocycles. The summed E-state index contributed by atoms with van der Waals surface area (Å²) >= 11 is 5.99. The Bertz CT molecular complexity index is 565. The van der Waals surface area contributed by atoms with Gasteiger partial charge in [0.2, 0.25) is 0 Å². The van der Waals surface area contributed by atoms with E-state index in [2.05, 4.69) is 10.5 Å². The first-order valence-electron chi connectivity index (χ1n) is 5.46. The van der Waals surface area contributed by atoms with Crippen molar-refractivity contribution in [1.82, 2.24) is 0 Å². The van der Waals surface area contributed by atoms with Crippen LogP contribution in [0.1, 0.15) is 11.1 Å². The Morgan fingerprint density at radius 2 is 1.89 bits per heavy atom. The summed E-state index contributed by atoms with van der Waals surface area (Å²) in [5.41, 5.74) is 5.52. The van der Waals surface area contributed by atoms with Gasteiger partial charge in [0.25, 0.3) is 0 Å². The van der Waals surface area contributed by atoms with E-state index in [9.17, 15) is 4.39 Å². The highest BCUT2D eigenvalue weighted by atomic mass is 35.5. The molecule has 4 heteroatoms. The normalized spacial score (nSPS) is 10.8. The van der Waals surface area contributed by atoms with Crippen molar-refractivity contribution < 1.29 is 4.39 Å². The van der Waals surface area contributed by atoms with Crippen molar-refractivity contribution in [3.8, 4) is 0 Å². The minimum absolute atomic E-state index is 0.259. The van der Waals surface area contributed by atoms with Gasteiger partial charge >= 0.3 is 0 Å². The second kappa shape index (κ2) is 5.65. The molecule has 0 aliphatic rings. The molecule has 0 aromatic heterocycles. The lowest BCUT2D eigenvalue weighted by atomic mass is 10.2. The summed E-state index contributed by atoms with van der Waals surface area (Å²) in [6.07, 6.45) is 1.62. The van der Waals surface area contributed by atoms with Crippen molar-refractivity contribution in [1.29, 1.82) is 0 Å². The van der Waals surface area contributed by atoms with Crippen molar-refractivity contribution in [2.24, 2.45) is 5.10 Å². The van der Waals surface area contributed by atoms with Gasteiger partial charge in [-0.05, 0) is 42.3 Å². The maximum absolute atomic E-state index is 12.7. The molecule has 92 valence electrons. The fourth-order valence-corrected chi connectivity index (χ4v) is 1.57. The zero-order valence-corrected chi connectivity index (χ0v) is 10.6. The quantitative estimate of drug-likeness (QED) is 0.650. The molecule has 0 aliphatic carbocycles. The van der Waals surface area contributed by atoms with Gasteiger partial charge in [0.1, 0.15) is 5.82 Å². The molecule has 0 radical (unpaired) electrons. The molecular formula is C14H12ClFN2. The van der Waals surface area contributed by atoms with E-state index in [1.807, 2.05) is 19.1 Å². The van der Waals surface area contributed by atoms with Gasteiger partial charge in [0, 0.05) is 5.02 Å². The molecule has 0 bridgehead atoms. The lowest BCUT2D eigenvalue weighted by Gasteiger charge is -2.02. The first-order valence-corrected chi connectivity index (χ1v) is 5.84. The minimum atomic E-state index is -0.259. The fraction of sp³-hybridized carbons (Fsp3) is 0.0714. The van der Waals surface area contributed by atoms with Gasteiger partial charge in [-0.25, -0.2) is 4.39 Å². The van der Waals surface area contributed by atoms with E-state index in [1.54, 1.807) is 24.4 Å². The summed E-state index contributed by atoms with van der Waals surface area (Å²) < 4.78 is 12.7. The smallest absolute Gasteiger partial charge is 0.123 e. The zero-order chi connectivity index (χ0) is 13.0. The van der Waals surface area contributed by atoms with Crippen LogP contribution in [-0.2, 0) is 0 Å².